The Kier molecular flexibility index (Phi) is 4.63. The van der Waals surface area contributed by atoms with Crippen LogP contribution in [0.3, 0.4) is 0 Å². The van der Waals surface area contributed by atoms with Gasteiger partial charge in [-0.2, -0.15) is 4.31 Å². The topological polar surface area (TPSA) is 37.4 Å². The molecule has 0 spiro atoms. The minimum absolute atomic E-state index is 0.0299. The first-order valence-electron chi connectivity index (χ1n) is 6.40. The standard InChI is InChI=1S/C13H17BrFNO2S/c1-2-7-16(9-10-3-4-10)19(17,18)11-5-6-12(14)13(15)8-11/h5-6,8,10H,2-4,7,9H2,1H3. The lowest BCUT2D eigenvalue weighted by atomic mass is 10.3. The van der Waals surface area contributed by atoms with E-state index < -0.39 is 15.8 Å². The molecule has 0 aliphatic heterocycles. The third-order valence-corrected chi connectivity index (χ3v) is 5.66. The lowest BCUT2D eigenvalue weighted by molar-refractivity contribution is 0.395. The van der Waals surface area contributed by atoms with Crippen LogP contribution in [-0.2, 0) is 10.0 Å². The average molecular weight is 350 g/mol. The Morgan fingerprint density at radius 3 is 2.63 bits per heavy atom. The molecule has 0 aromatic heterocycles. The fraction of sp³-hybridized carbons (Fsp3) is 0.538. The molecule has 1 saturated carbocycles. The number of sulfonamides is 1. The molecule has 0 radical (unpaired) electrons. The Bertz CT molecular complexity index is 558. The van der Waals surface area contributed by atoms with E-state index >= 15 is 0 Å². The van der Waals surface area contributed by atoms with E-state index in [1.165, 1.54) is 16.4 Å². The quantitative estimate of drug-likeness (QED) is 0.789. The number of hydrogen-bond acceptors (Lipinski definition) is 2. The summed E-state index contributed by atoms with van der Waals surface area (Å²) in [6.07, 6.45) is 2.93. The molecule has 2 rings (SSSR count). The predicted molar refractivity (Wildman–Crippen MR) is 75.9 cm³/mol. The summed E-state index contributed by atoms with van der Waals surface area (Å²) in [5.41, 5.74) is 0. The predicted octanol–water partition coefficient (Wildman–Crippen LogP) is 3.40. The number of nitrogens with zero attached hydrogens (tertiary/aromatic N) is 1. The van der Waals surface area contributed by atoms with Crippen molar-refractivity contribution >= 4 is 26.0 Å². The van der Waals surface area contributed by atoms with Crippen LogP contribution in [0.1, 0.15) is 26.2 Å². The summed E-state index contributed by atoms with van der Waals surface area (Å²) in [5.74, 6) is -0.0782. The molecular formula is C13H17BrFNO2S. The SMILES string of the molecule is CCCN(CC1CC1)S(=O)(=O)c1ccc(Br)c(F)c1. The monoisotopic (exact) mass is 349 g/mol. The Morgan fingerprint density at radius 1 is 1.42 bits per heavy atom. The van der Waals surface area contributed by atoms with Crippen molar-refractivity contribution < 1.29 is 12.8 Å². The average Bonchev–Trinajstić information content (AvgIpc) is 3.16. The molecule has 1 fully saturated rings. The molecule has 6 heteroatoms. The van der Waals surface area contributed by atoms with Gasteiger partial charge >= 0.3 is 0 Å². The van der Waals surface area contributed by atoms with Crippen LogP contribution in [0.5, 0.6) is 0 Å². The molecule has 19 heavy (non-hydrogen) atoms. The van der Waals surface area contributed by atoms with E-state index in [0.29, 0.717) is 19.0 Å². The third kappa shape index (κ3) is 3.55. The van der Waals surface area contributed by atoms with Crippen LogP contribution in [0.25, 0.3) is 0 Å². The van der Waals surface area contributed by atoms with Gasteiger partial charge in [-0.15, -0.1) is 0 Å². The van der Waals surface area contributed by atoms with Crippen LogP contribution in [-0.4, -0.2) is 25.8 Å². The van der Waals surface area contributed by atoms with E-state index in [1.54, 1.807) is 0 Å². The highest BCUT2D eigenvalue weighted by atomic mass is 79.9. The molecule has 3 nitrogen and oxygen atoms in total. The van der Waals surface area contributed by atoms with Crippen LogP contribution in [0, 0.1) is 11.7 Å². The summed E-state index contributed by atoms with van der Waals surface area (Å²) in [6.45, 7) is 2.97. The van der Waals surface area contributed by atoms with Gasteiger partial charge in [0.15, 0.2) is 0 Å². The Labute approximate surface area is 122 Å². The highest BCUT2D eigenvalue weighted by Gasteiger charge is 2.31. The van der Waals surface area contributed by atoms with Crippen LogP contribution in [0.15, 0.2) is 27.6 Å². The zero-order chi connectivity index (χ0) is 14.0. The maximum absolute atomic E-state index is 13.5. The molecule has 0 N–H and O–H groups in total. The van der Waals surface area contributed by atoms with E-state index in [4.69, 9.17) is 0 Å². The molecule has 1 aromatic carbocycles. The van der Waals surface area contributed by atoms with Gasteiger partial charge in [0.2, 0.25) is 10.0 Å². The van der Waals surface area contributed by atoms with Gasteiger partial charge in [-0.1, -0.05) is 6.92 Å². The van der Waals surface area contributed by atoms with Gasteiger partial charge in [0.25, 0.3) is 0 Å². The first kappa shape index (κ1) is 14.9. The summed E-state index contributed by atoms with van der Waals surface area (Å²) < 4.78 is 40.2. The van der Waals surface area contributed by atoms with E-state index in [1.807, 2.05) is 6.92 Å². The van der Waals surface area contributed by atoms with E-state index in [-0.39, 0.29) is 9.37 Å². The molecular weight excluding hydrogens is 333 g/mol. The minimum Gasteiger partial charge on any atom is -0.207 e. The van der Waals surface area contributed by atoms with Crippen LogP contribution < -0.4 is 0 Å². The third-order valence-electron chi connectivity index (χ3n) is 3.16. The van der Waals surface area contributed by atoms with Crippen molar-refractivity contribution in [3.05, 3.63) is 28.5 Å². The first-order chi connectivity index (χ1) is 8.95. The molecule has 0 saturated heterocycles. The number of halogens is 2. The minimum atomic E-state index is -3.59. The fourth-order valence-electron chi connectivity index (χ4n) is 1.93. The van der Waals surface area contributed by atoms with Crippen LogP contribution >= 0.6 is 15.9 Å². The smallest absolute Gasteiger partial charge is 0.207 e. The second kappa shape index (κ2) is 5.89. The van der Waals surface area contributed by atoms with Gasteiger partial charge < -0.3 is 0 Å². The van der Waals surface area contributed by atoms with Gasteiger partial charge in [0.05, 0.1) is 9.37 Å². The highest BCUT2D eigenvalue weighted by Crippen LogP contribution is 2.32. The molecule has 106 valence electrons. The van der Waals surface area contributed by atoms with Crippen LogP contribution in [0.4, 0.5) is 4.39 Å². The number of benzene rings is 1. The highest BCUT2D eigenvalue weighted by molar-refractivity contribution is 9.10. The normalized spacial score (nSPS) is 16.0. The largest absolute Gasteiger partial charge is 0.243 e. The molecule has 0 heterocycles. The Balaban J connectivity index is 2.28. The second-order valence-corrected chi connectivity index (χ2v) is 7.67. The van der Waals surface area contributed by atoms with Gasteiger partial charge in [0, 0.05) is 13.1 Å². The molecule has 0 bridgehead atoms. The summed E-state index contributed by atoms with van der Waals surface area (Å²) in [5, 5.41) is 0. The summed E-state index contributed by atoms with van der Waals surface area (Å²) in [7, 11) is -3.59. The van der Waals surface area contributed by atoms with Gasteiger partial charge in [0.1, 0.15) is 5.82 Å². The zero-order valence-corrected chi connectivity index (χ0v) is 13.2. The lowest BCUT2D eigenvalue weighted by Crippen LogP contribution is -2.33. The maximum Gasteiger partial charge on any atom is 0.243 e. The second-order valence-electron chi connectivity index (χ2n) is 4.88. The molecule has 0 unspecified atom stereocenters. The number of hydrogen-bond donors (Lipinski definition) is 0. The van der Waals surface area contributed by atoms with Crippen molar-refractivity contribution in [2.45, 2.75) is 31.1 Å². The lowest BCUT2D eigenvalue weighted by Gasteiger charge is -2.21. The summed E-state index contributed by atoms with van der Waals surface area (Å²) in [6, 6.07) is 3.95. The van der Waals surface area contributed by atoms with Gasteiger partial charge in [-0.3, -0.25) is 0 Å². The van der Waals surface area contributed by atoms with Gasteiger partial charge in [-0.05, 0) is 59.3 Å². The van der Waals surface area contributed by atoms with E-state index in [2.05, 4.69) is 15.9 Å². The van der Waals surface area contributed by atoms with E-state index in [9.17, 15) is 12.8 Å². The van der Waals surface area contributed by atoms with Crippen LogP contribution in [0.2, 0.25) is 0 Å². The summed E-state index contributed by atoms with van der Waals surface area (Å²) in [4.78, 5) is 0.0299. The Hall–Kier alpha value is -0.460. The maximum atomic E-state index is 13.5. The van der Waals surface area contributed by atoms with Crippen molar-refractivity contribution in [2.75, 3.05) is 13.1 Å². The zero-order valence-electron chi connectivity index (χ0n) is 10.8. The van der Waals surface area contributed by atoms with Crippen molar-refractivity contribution in [1.82, 2.24) is 4.31 Å². The Morgan fingerprint density at radius 2 is 2.11 bits per heavy atom. The number of rotatable bonds is 6. The van der Waals surface area contributed by atoms with Crippen molar-refractivity contribution in [2.24, 2.45) is 5.92 Å². The molecule has 1 aliphatic carbocycles. The first-order valence-corrected chi connectivity index (χ1v) is 8.63. The summed E-state index contributed by atoms with van der Waals surface area (Å²) >= 11 is 3.03. The van der Waals surface area contributed by atoms with Crippen molar-refractivity contribution in [1.29, 1.82) is 0 Å². The van der Waals surface area contributed by atoms with Gasteiger partial charge in [-0.25, -0.2) is 12.8 Å². The molecule has 1 aromatic rings. The molecule has 1 aliphatic rings. The molecule has 0 atom stereocenters. The van der Waals surface area contributed by atoms with Crippen molar-refractivity contribution in [3.8, 4) is 0 Å². The van der Waals surface area contributed by atoms with Crippen molar-refractivity contribution in [3.63, 3.8) is 0 Å². The van der Waals surface area contributed by atoms with E-state index in [0.717, 1.165) is 25.3 Å². The molecule has 0 amide bonds. The fourth-order valence-corrected chi connectivity index (χ4v) is 3.80.